The van der Waals surface area contributed by atoms with E-state index < -0.39 is 13.7 Å². The molecule has 0 aromatic rings. The van der Waals surface area contributed by atoms with Crippen molar-refractivity contribution in [2.24, 2.45) is 0 Å². The van der Waals surface area contributed by atoms with Gasteiger partial charge in [0.05, 0.1) is 15.2 Å². The second kappa shape index (κ2) is 3.43. The van der Waals surface area contributed by atoms with E-state index in [2.05, 4.69) is 32.0 Å². The molecule has 0 aliphatic heterocycles. The lowest BCUT2D eigenvalue weighted by molar-refractivity contribution is 0.0510. The maximum absolute atomic E-state index is 10.1. The normalized spacial score (nSPS) is 25.9. The van der Waals surface area contributed by atoms with Gasteiger partial charge in [-0.1, -0.05) is 37.1 Å². The quantitative estimate of drug-likeness (QED) is 0.440. The average molecular weight is 210 g/mol. The number of hydrogen-bond acceptors (Lipinski definition) is 2. The maximum Gasteiger partial charge on any atom is 0.173 e. The molecule has 78 valence electrons. The maximum atomic E-state index is 10.1. The highest BCUT2D eigenvalue weighted by molar-refractivity contribution is 6.83. The third kappa shape index (κ3) is 1.85. The molecule has 0 fully saturated rings. The SMILES string of the molecule is C=C=C(OC)C1(O)C=C([Si](C)(C)C)C1. The smallest absolute Gasteiger partial charge is 0.173 e. The van der Waals surface area contributed by atoms with Crippen LogP contribution in [-0.2, 0) is 4.74 Å². The molecule has 1 atom stereocenters. The molecule has 0 spiro atoms. The summed E-state index contributed by atoms with van der Waals surface area (Å²) in [6.45, 7) is 10.3. The molecular weight excluding hydrogens is 192 g/mol. The van der Waals surface area contributed by atoms with Gasteiger partial charge in [0.1, 0.15) is 0 Å². The highest BCUT2D eigenvalue weighted by Gasteiger charge is 2.43. The lowest BCUT2D eigenvalue weighted by Crippen LogP contribution is -2.44. The summed E-state index contributed by atoms with van der Waals surface area (Å²) in [5, 5.41) is 11.5. The third-order valence-electron chi connectivity index (χ3n) is 2.59. The standard InChI is InChI=1S/C11H18O2Si/c1-6-10(13-2)11(12)7-9(8-11)14(3,4)5/h7,12H,1,8H2,2-5H3. The Morgan fingerprint density at radius 3 is 2.43 bits per heavy atom. The van der Waals surface area contributed by atoms with Gasteiger partial charge >= 0.3 is 0 Å². The number of hydrogen-bond donors (Lipinski definition) is 1. The van der Waals surface area contributed by atoms with E-state index in [-0.39, 0.29) is 0 Å². The van der Waals surface area contributed by atoms with Crippen LogP contribution in [0, 0.1) is 0 Å². The molecule has 1 aliphatic carbocycles. The summed E-state index contributed by atoms with van der Waals surface area (Å²) in [7, 11) is 0.284. The van der Waals surface area contributed by atoms with Gasteiger partial charge in [-0.3, -0.25) is 0 Å². The molecule has 0 saturated carbocycles. The number of methoxy groups -OCH3 is 1. The summed E-state index contributed by atoms with van der Waals surface area (Å²) in [6, 6.07) is 0. The van der Waals surface area contributed by atoms with Crippen LogP contribution >= 0.6 is 0 Å². The molecule has 1 N–H and O–H groups in total. The minimum atomic E-state index is -1.25. The van der Waals surface area contributed by atoms with Crippen LogP contribution in [0.1, 0.15) is 6.42 Å². The van der Waals surface area contributed by atoms with Crippen LogP contribution in [0.15, 0.2) is 29.3 Å². The van der Waals surface area contributed by atoms with Crippen molar-refractivity contribution < 1.29 is 9.84 Å². The van der Waals surface area contributed by atoms with Crippen molar-refractivity contribution in [2.75, 3.05) is 7.11 Å². The summed E-state index contributed by atoms with van der Waals surface area (Å²) in [5.41, 5.74) is 1.69. The zero-order valence-corrected chi connectivity index (χ0v) is 10.3. The van der Waals surface area contributed by atoms with Crippen molar-refractivity contribution in [3.8, 4) is 0 Å². The van der Waals surface area contributed by atoms with Crippen molar-refractivity contribution >= 4 is 8.07 Å². The lowest BCUT2D eigenvalue weighted by atomic mass is 9.87. The zero-order chi connectivity index (χ0) is 11.0. The van der Waals surface area contributed by atoms with E-state index in [1.54, 1.807) is 0 Å². The molecule has 0 amide bonds. The molecule has 0 heterocycles. The van der Waals surface area contributed by atoms with Crippen molar-refractivity contribution in [1.29, 1.82) is 0 Å². The van der Waals surface area contributed by atoms with Crippen LogP contribution in [0.25, 0.3) is 0 Å². The fourth-order valence-electron chi connectivity index (χ4n) is 1.58. The van der Waals surface area contributed by atoms with Crippen molar-refractivity contribution in [3.05, 3.63) is 29.3 Å². The average Bonchev–Trinajstić information content (AvgIpc) is 2.00. The van der Waals surface area contributed by atoms with Gasteiger partial charge in [0.15, 0.2) is 11.4 Å². The second-order valence-corrected chi connectivity index (χ2v) is 9.87. The van der Waals surface area contributed by atoms with Gasteiger partial charge in [-0.25, -0.2) is 0 Å². The molecular formula is C11H18O2Si. The summed E-state index contributed by atoms with van der Waals surface area (Å²) in [4.78, 5) is 0. The van der Waals surface area contributed by atoms with Crippen LogP contribution in [0.2, 0.25) is 19.6 Å². The van der Waals surface area contributed by atoms with Gasteiger partial charge in [0, 0.05) is 6.42 Å². The van der Waals surface area contributed by atoms with Gasteiger partial charge in [0.25, 0.3) is 0 Å². The Hall–Kier alpha value is -0.763. The molecule has 1 rings (SSSR count). The molecule has 1 aliphatic rings. The molecule has 3 heteroatoms. The van der Waals surface area contributed by atoms with Gasteiger partial charge in [0.2, 0.25) is 0 Å². The summed E-state index contributed by atoms with van der Waals surface area (Å²) < 4.78 is 5.03. The van der Waals surface area contributed by atoms with E-state index in [9.17, 15) is 5.11 Å². The summed E-state index contributed by atoms with van der Waals surface area (Å²) >= 11 is 0. The molecule has 0 radical (unpaired) electrons. The summed E-state index contributed by atoms with van der Waals surface area (Å²) in [5.74, 6) is 0.430. The Morgan fingerprint density at radius 1 is 1.64 bits per heavy atom. The minimum absolute atomic E-state index is 0.430. The van der Waals surface area contributed by atoms with E-state index in [1.807, 2.05) is 6.08 Å². The van der Waals surface area contributed by atoms with Crippen molar-refractivity contribution in [3.63, 3.8) is 0 Å². The van der Waals surface area contributed by atoms with Crippen LogP contribution in [0.4, 0.5) is 0 Å². The van der Waals surface area contributed by atoms with E-state index in [0.717, 1.165) is 0 Å². The van der Waals surface area contributed by atoms with Crippen LogP contribution in [0.5, 0.6) is 0 Å². The van der Waals surface area contributed by atoms with Gasteiger partial charge in [-0.05, 0) is 6.08 Å². The Labute approximate surface area is 86.6 Å². The largest absolute Gasteiger partial charge is 0.490 e. The number of aliphatic hydroxyl groups is 1. The first-order valence-electron chi connectivity index (χ1n) is 4.72. The molecule has 0 aromatic heterocycles. The van der Waals surface area contributed by atoms with Crippen LogP contribution in [0.3, 0.4) is 0 Å². The zero-order valence-electron chi connectivity index (χ0n) is 9.35. The number of ether oxygens (including phenoxy) is 1. The van der Waals surface area contributed by atoms with E-state index >= 15 is 0 Å². The van der Waals surface area contributed by atoms with Crippen LogP contribution < -0.4 is 0 Å². The topological polar surface area (TPSA) is 29.5 Å². The van der Waals surface area contributed by atoms with E-state index in [0.29, 0.717) is 12.2 Å². The summed E-state index contributed by atoms with van der Waals surface area (Å²) in [6.07, 6.45) is 2.57. The van der Waals surface area contributed by atoms with Gasteiger partial charge in [-0.2, -0.15) is 0 Å². The first kappa shape index (κ1) is 11.3. The fourth-order valence-corrected chi connectivity index (χ4v) is 3.05. The molecule has 0 bridgehead atoms. The predicted octanol–water partition coefficient (Wildman–Crippen LogP) is 2.24. The predicted molar refractivity (Wildman–Crippen MR) is 60.7 cm³/mol. The van der Waals surface area contributed by atoms with E-state index in [1.165, 1.54) is 12.3 Å². The highest BCUT2D eigenvalue weighted by atomic mass is 28.3. The van der Waals surface area contributed by atoms with Gasteiger partial charge in [-0.15, -0.1) is 0 Å². The van der Waals surface area contributed by atoms with Crippen molar-refractivity contribution in [1.82, 2.24) is 0 Å². The minimum Gasteiger partial charge on any atom is -0.490 e. The van der Waals surface area contributed by atoms with Gasteiger partial charge < -0.3 is 9.84 Å². The first-order chi connectivity index (χ1) is 6.33. The molecule has 0 saturated heterocycles. The Bertz CT molecular complexity index is 319. The molecule has 1 unspecified atom stereocenters. The lowest BCUT2D eigenvalue weighted by Gasteiger charge is -2.40. The van der Waals surface area contributed by atoms with Crippen LogP contribution in [-0.4, -0.2) is 25.9 Å². The van der Waals surface area contributed by atoms with Crippen molar-refractivity contribution in [2.45, 2.75) is 31.7 Å². The fraction of sp³-hybridized carbons (Fsp3) is 0.545. The Morgan fingerprint density at radius 2 is 2.14 bits per heavy atom. The van der Waals surface area contributed by atoms with E-state index in [4.69, 9.17) is 4.74 Å². The molecule has 14 heavy (non-hydrogen) atoms. The molecule has 2 nitrogen and oxygen atoms in total. The monoisotopic (exact) mass is 210 g/mol. The first-order valence-corrected chi connectivity index (χ1v) is 8.22. The Balaban J connectivity index is 2.89. The third-order valence-corrected chi connectivity index (χ3v) is 4.84. The number of rotatable bonds is 3. The Kier molecular flexibility index (Phi) is 2.77. The second-order valence-electron chi connectivity index (χ2n) is 4.73. The highest BCUT2D eigenvalue weighted by Crippen LogP contribution is 2.40. The molecule has 0 aromatic carbocycles.